The highest BCUT2D eigenvalue weighted by Gasteiger charge is 2.15. The molecule has 1 heterocycles. The number of carboxylic acid groups (broad SMARTS) is 1. The second-order valence-corrected chi connectivity index (χ2v) is 4.57. The van der Waals surface area contributed by atoms with E-state index >= 15 is 0 Å². The lowest BCUT2D eigenvalue weighted by Crippen LogP contribution is -2.17. The summed E-state index contributed by atoms with van der Waals surface area (Å²) in [5.74, 6) is -1.18. The van der Waals surface area contributed by atoms with Crippen molar-refractivity contribution in [3.8, 4) is 11.8 Å². The third-order valence-electron chi connectivity index (χ3n) is 2.89. The van der Waals surface area contributed by atoms with E-state index in [0.717, 1.165) is 0 Å². The number of nitrogens with one attached hydrogen (secondary N) is 1. The lowest BCUT2D eigenvalue weighted by Gasteiger charge is -2.04. The molecule has 0 aliphatic rings. The maximum Gasteiger partial charge on any atom is 0.337 e. The molecular weight excluding hydrogens is 282 g/mol. The van der Waals surface area contributed by atoms with E-state index in [2.05, 4.69) is 5.10 Å². The first-order valence-electron chi connectivity index (χ1n) is 5.66. The summed E-state index contributed by atoms with van der Waals surface area (Å²) in [6.07, 6.45) is -0.00640. The van der Waals surface area contributed by atoms with Crippen molar-refractivity contribution < 1.29 is 9.90 Å². The number of carboxylic acids is 1. The van der Waals surface area contributed by atoms with Crippen LogP contribution in [0.5, 0.6) is 0 Å². The molecular formula is C13H10ClN3O3. The number of aromatic nitrogens is 2. The van der Waals surface area contributed by atoms with Crippen LogP contribution in [-0.4, -0.2) is 20.9 Å². The van der Waals surface area contributed by atoms with Crippen molar-refractivity contribution in [2.75, 3.05) is 0 Å². The Balaban J connectivity index is 2.62. The average molecular weight is 292 g/mol. The summed E-state index contributed by atoms with van der Waals surface area (Å²) in [5.41, 5.74) is 0.819. The molecule has 0 bridgehead atoms. The Morgan fingerprint density at radius 2 is 2.25 bits per heavy atom. The molecule has 0 fully saturated rings. The molecule has 0 aliphatic heterocycles. The van der Waals surface area contributed by atoms with Gasteiger partial charge >= 0.3 is 5.97 Å². The van der Waals surface area contributed by atoms with Crippen molar-refractivity contribution in [1.82, 2.24) is 9.78 Å². The highest BCUT2D eigenvalue weighted by atomic mass is 35.5. The number of halogens is 1. The van der Waals surface area contributed by atoms with Crippen LogP contribution in [0.1, 0.15) is 21.6 Å². The molecule has 0 radical (unpaired) electrons. The molecule has 0 aliphatic carbocycles. The number of benzene rings is 1. The zero-order chi connectivity index (χ0) is 14.9. The molecule has 0 saturated heterocycles. The minimum atomic E-state index is -1.18. The van der Waals surface area contributed by atoms with Crippen LogP contribution in [0.25, 0.3) is 5.69 Å². The number of nitrogens with zero attached hydrogens (tertiary/aromatic N) is 2. The third kappa shape index (κ3) is 2.31. The number of nitriles is 1. The Labute approximate surface area is 118 Å². The smallest absolute Gasteiger partial charge is 0.337 e. The fraction of sp³-hybridized carbons (Fsp3) is 0.154. The maximum absolute atomic E-state index is 12.1. The van der Waals surface area contributed by atoms with Crippen molar-refractivity contribution >= 4 is 17.6 Å². The van der Waals surface area contributed by atoms with Gasteiger partial charge in [0.25, 0.3) is 5.56 Å². The van der Waals surface area contributed by atoms with Gasteiger partial charge in [-0.3, -0.25) is 9.89 Å². The Hall–Kier alpha value is -2.52. The molecule has 7 heteroatoms. The Morgan fingerprint density at radius 3 is 2.85 bits per heavy atom. The van der Waals surface area contributed by atoms with E-state index in [4.69, 9.17) is 22.0 Å². The van der Waals surface area contributed by atoms with Crippen LogP contribution in [-0.2, 0) is 6.42 Å². The first-order chi connectivity index (χ1) is 9.45. The Kier molecular flexibility index (Phi) is 3.63. The highest BCUT2D eigenvalue weighted by Crippen LogP contribution is 2.19. The summed E-state index contributed by atoms with van der Waals surface area (Å²) in [5, 5.41) is 20.6. The van der Waals surface area contributed by atoms with E-state index in [1.165, 1.54) is 22.9 Å². The zero-order valence-electron chi connectivity index (χ0n) is 10.5. The predicted octanol–water partition coefficient (Wildman–Crippen LogP) is 1.89. The van der Waals surface area contributed by atoms with Crippen molar-refractivity contribution in [2.45, 2.75) is 13.3 Å². The minimum Gasteiger partial charge on any atom is -0.478 e. The summed E-state index contributed by atoms with van der Waals surface area (Å²) in [6.45, 7) is 1.68. The van der Waals surface area contributed by atoms with Gasteiger partial charge in [-0.05, 0) is 25.1 Å². The van der Waals surface area contributed by atoms with Crippen molar-refractivity contribution in [3.63, 3.8) is 0 Å². The minimum absolute atomic E-state index is 0.00640. The fourth-order valence-corrected chi connectivity index (χ4v) is 2.06. The molecule has 20 heavy (non-hydrogen) atoms. The van der Waals surface area contributed by atoms with Gasteiger partial charge in [-0.2, -0.15) is 5.26 Å². The molecule has 2 rings (SSSR count). The van der Waals surface area contributed by atoms with E-state index < -0.39 is 5.97 Å². The number of aromatic amines is 1. The normalized spacial score (nSPS) is 10.2. The van der Waals surface area contributed by atoms with Gasteiger partial charge in [0.15, 0.2) is 0 Å². The number of hydrogen-bond acceptors (Lipinski definition) is 3. The predicted molar refractivity (Wildman–Crippen MR) is 72.4 cm³/mol. The van der Waals surface area contributed by atoms with Crippen LogP contribution in [0.4, 0.5) is 0 Å². The van der Waals surface area contributed by atoms with Gasteiger partial charge < -0.3 is 5.11 Å². The highest BCUT2D eigenvalue weighted by molar-refractivity contribution is 6.33. The van der Waals surface area contributed by atoms with Crippen LogP contribution >= 0.6 is 11.6 Å². The molecule has 2 N–H and O–H groups in total. The van der Waals surface area contributed by atoms with Gasteiger partial charge in [-0.15, -0.1) is 0 Å². The van der Waals surface area contributed by atoms with E-state index in [1.807, 2.05) is 6.07 Å². The quantitative estimate of drug-likeness (QED) is 0.902. The second kappa shape index (κ2) is 5.23. The number of hydrogen-bond donors (Lipinski definition) is 2. The van der Waals surface area contributed by atoms with E-state index in [9.17, 15) is 9.59 Å². The fourth-order valence-electron chi connectivity index (χ4n) is 1.87. The summed E-state index contributed by atoms with van der Waals surface area (Å²) >= 11 is 5.78. The lowest BCUT2D eigenvalue weighted by atomic mass is 10.2. The standard InChI is InChI=1S/C13H10ClN3O3/c1-7-9(4-5-15)12(18)17(16-7)8-2-3-11(14)10(6-8)13(19)20/h2-3,6,16H,4H2,1H3,(H,19,20). The second-order valence-electron chi connectivity index (χ2n) is 4.16. The van der Waals surface area contributed by atoms with Gasteiger partial charge in [0, 0.05) is 5.69 Å². The van der Waals surface area contributed by atoms with Crippen molar-refractivity contribution in [1.29, 1.82) is 5.26 Å². The first kappa shape index (κ1) is 13.9. The van der Waals surface area contributed by atoms with E-state index in [-0.39, 0.29) is 22.6 Å². The molecule has 2 aromatic rings. The van der Waals surface area contributed by atoms with Crippen LogP contribution in [0, 0.1) is 18.3 Å². The summed E-state index contributed by atoms with van der Waals surface area (Å²) in [7, 11) is 0. The molecule has 0 unspecified atom stereocenters. The molecule has 6 nitrogen and oxygen atoms in total. The topological polar surface area (TPSA) is 98.9 Å². The molecule has 0 saturated carbocycles. The van der Waals surface area contributed by atoms with Gasteiger partial charge in [-0.25, -0.2) is 9.48 Å². The number of aromatic carboxylic acids is 1. The van der Waals surface area contributed by atoms with Gasteiger partial charge in [0.1, 0.15) is 0 Å². The lowest BCUT2D eigenvalue weighted by molar-refractivity contribution is 0.0697. The van der Waals surface area contributed by atoms with Crippen molar-refractivity contribution in [3.05, 3.63) is 50.4 Å². The number of aryl methyl sites for hydroxylation is 1. The molecule has 102 valence electrons. The molecule has 0 atom stereocenters. The number of rotatable bonds is 3. The zero-order valence-corrected chi connectivity index (χ0v) is 11.2. The monoisotopic (exact) mass is 291 g/mol. The molecule has 0 amide bonds. The van der Waals surface area contributed by atoms with Crippen molar-refractivity contribution in [2.24, 2.45) is 0 Å². The average Bonchev–Trinajstić information content (AvgIpc) is 2.67. The summed E-state index contributed by atoms with van der Waals surface area (Å²) in [6, 6.07) is 6.16. The Bertz CT molecular complexity index is 783. The molecule has 1 aromatic carbocycles. The third-order valence-corrected chi connectivity index (χ3v) is 3.22. The summed E-state index contributed by atoms with van der Waals surface area (Å²) in [4.78, 5) is 23.2. The van der Waals surface area contributed by atoms with Gasteiger partial charge in [0.2, 0.25) is 0 Å². The van der Waals surface area contributed by atoms with E-state index in [1.54, 1.807) is 6.92 Å². The van der Waals surface area contributed by atoms with Gasteiger partial charge in [0.05, 0.1) is 34.3 Å². The first-order valence-corrected chi connectivity index (χ1v) is 6.04. The van der Waals surface area contributed by atoms with Crippen LogP contribution in [0.15, 0.2) is 23.0 Å². The SMILES string of the molecule is Cc1[nH]n(-c2ccc(Cl)c(C(=O)O)c2)c(=O)c1CC#N. The summed E-state index contributed by atoms with van der Waals surface area (Å²) < 4.78 is 1.20. The van der Waals surface area contributed by atoms with Gasteiger partial charge in [-0.1, -0.05) is 11.6 Å². The maximum atomic E-state index is 12.1. The van der Waals surface area contributed by atoms with Crippen LogP contribution < -0.4 is 5.56 Å². The largest absolute Gasteiger partial charge is 0.478 e. The van der Waals surface area contributed by atoms with Crippen LogP contribution in [0.3, 0.4) is 0 Å². The number of carbonyl (C=O) groups is 1. The number of H-pyrrole nitrogens is 1. The van der Waals surface area contributed by atoms with Crippen LogP contribution in [0.2, 0.25) is 5.02 Å². The Morgan fingerprint density at radius 1 is 1.55 bits per heavy atom. The van der Waals surface area contributed by atoms with E-state index in [0.29, 0.717) is 16.9 Å². The molecule has 0 spiro atoms. The molecule has 1 aromatic heterocycles.